The van der Waals surface area contributed by atoms with Crippen LogP contribution in [0.1, 0.15) is 22.4 Å². The van der Waals surface area contributed by atoms with E-state index >= 15 is 0 Å². The van der Waals surface area contributed by atoms with E-state index in [1.54, 1.807) is 24.3 Å². The van der Waals surface area contributed by atoms with E-state index in [0.29, 0.717) is 5.56 Å². The summed E-state index contributed by atoms with van der Waals surface area (Å²) in [5.74, 6) is -0.927. The summed E-state index contributed by atoms with van der Waals surface area (Å²) in [7, 11) is 0. The van der Waals surface area contributed by atoms with E-state index in [2.05, 4.69) is 9.98 Å². The average molecular weight is 321 g/mol. The maximum absolute atomic E-state index is 12.2. The molecule has 8 nitrogen and oxygen atoms in total. The molecule has 1 aromatic carbocycles. The summed E-state index contributed by atoms with van der Waals surface area (Å²) < 4.78 is 0. The Labute approximate surface area is 135 Å². The number of benzene rings is 1. The average Bonchev–Trinajstić information content (AvgIpc) is 2.52. The molecule has 0 saturated carbocycles. The van der Waals surface area contributed by atoms with Gasteiger partial charge in [-0.1, -0.05) is 18.2 Å². The number of amidine groups is 1. The van der Waals surface area contributed by atoms with Gasteiger partial charge in [0.1, 0.15) is 23.2 Å². The van der Waals surface area contributed by atoms with E-state index < -0.39 is 11.5 Å². The third-order valence-electron chi connectivity index (χ3n) is 3.58. The highest BCUT2D eigenvalue weighted by atomic mass is 16.3. The number of hydrogen-bond acceptors (Lipinski definition) is 6. The molecule has 3 rings (SSSR count). The Hall–Kier alpha value is -3.86. The summed E-state index contributed by atoms with van der Waals surface area (Å²) in [5, 5.41) is 18.9. The van der Waals surface area contributed by atoms with Crippen LogP contribution in [0.25, 0.3) is 11.6 Å². The van der Waals surface area contributed by atoms with Gasteiger partial charge >= 0.3 is 0 Å². The van der Waals surface area contributed by atoms with Crippen molar-refractivity contribution in [3.8, 4) is 11.8 Å². The molecule has 8 heteroatoms. The van der Waals surface area contributed by atoms with E-state index in [9.17, 15) is 14.7 Å². The first kappa shape index (κ1) is 15.1. The van der Waals surface area contributed by atoms with Gasteiger partial charge in [-0.05, 0) is 12.1 Å². The number of nitrogens with two attached hydrogens (primary N) is 2. The number of aliphatic imine (C=N–C) groups is 1. The lowest BCUT2D eigenvalue weighted by molar-refractivity contribution is -0.112. The fourth-order valence-corrected chi connectivity index (χ4v) is 2.43. The van der Waals surface area contributed by atoms with E-state index in [4.69, 9.17) is 16.7 Å². The van der Waals surface area contributed by atoms with Gasteiger partial charge < -0.3 is 21.6 Å². The molecule has 1 aliphatic rings. The van der Waals surface area contributed by atoms with Crippen molar-refractivity contribution in [3.05, 3.63) is 57.0 Å². The molecule has 24 heavy (non-hydrogen) atoms. The molecule has 0 fully saturated rings. The molecule has 118 valence electrons. The van der Waals surface area contributed by atoms with Crippen LogP contribution >= 0.6 is 0 Å². The zero-order valence-corrected chi connectivity index (χ0v) is 12.2. The lowest BCUT2D eigenvalue weighted by Crippen LogP contribution is -2.30. The van der Waals surface area contributed by atoms with Crippen molar-refractivity contribution in [1.29, 1.82) is 5.26 Å². The lowest BCUT2D eigenvalue weighted by Gasteiger charge is -2.18. The van der Waals surface area contributed by atoms with Crippen molar-refractivity contribution in [1.82, 2.24) is 4.98 Å². The largest absolute Gasteiger partial charge is 0.507 e. The van der Waals surface area contributed by atoms with Crippen LogP contribution in [-0.2, 0) is 4.79 Å². The highest BCUT2D eigenvalue weighted by molar-refractivity contribution is 6.33. The van der Waals surface area contributed by atoms with Crippen molar-refractivity contribution < 1.29 is 9.90 Å². The summed E-state index contributed by atoms with van der Waals surface area (Å²) in [6, 6.07) is 8.04. The van der Waals surface area contributed by atoms with Crippen LogP contribution < -0.4 is 17.0 Å². The second kappa shape index (κ2) is 5.40. The molecular weight excluding hydrogens is 310 g/mol. The molecule has 0 aliphatic carbocycles. The summed E-state index contributed by atoms with van der Waals surface area (Å²) in [4.78, 5) is 30.3. The van der Waals surface area contributed by atoms with Crippen LogP contribution in [0, 0.1) is 11.3 Å². The molecule has 0 unspecified atom stereocenters. The number of pyridine rings is 1. The molecule has 1 aromatic heterocycles. The van der Waals surface area contributed by atoms with Crippen LogP contribution in [0.5, 0.6) is 5.75 Å². The van der Waals surface area contributed by atoms with Crippen molar-refractivity contribution in [2.24, 2.45) is 10.7 Å². The first-order valence-corrected chi connectivity index (χ1v) is 6.78. The molecule has 0 bridgehead atoms. The third kappa shape index (κ3) is 2.21. The zero-order chi connectivity index (χ0) is 17.4. The van der Waals surface area contributed by atoms with Crippen LogP contribution in [0.3, 0.4) is 0 Å². The number of hydrogen-bond donors (Lipinski definition) is 4. The Bertz CT molecular complexity index is 1040. The van der Waals surface area contributed by atoms with E-state index in [1.807, 2.05) is 0 Å². The van der Waals surface area contributed by atoms with Crippen molar-refractivity contribution in [2.45, 2.75) is 0 Å². The van der Waals surface area contributed by atoms with Gasteiger partial charge in [0.05, 0.1) is 22.5 Å². The number of rotatable bonds is 1. The fraction of sp³-hybridized carbons (Fsp3) is 0. The summed E-state index contributed by atoms with van der Waals surface area (Å²) in [6.07, 6.45) is 1.37. The molecule has 0 saturated heterocycles. The molecule has 2 heterocycles. The predicted octanol–water partition coefficient (Wildman–Crippen LogP) is 0.320. The van der Waals surface area contributed by atoms with Crippen LogP contribution in [-0.4, -0.2) is 21.8 Å². The van der Waals surface area contributed by atoms with Gasteiger partial charge in [0, 0.05) is 5.56 Å². The summed E-state index contributed by atoms with van der Waals surface area (Å²) in [6.45, 7) is 0. The lowest BCUT2D eigenvalue weighted by atomic mass is 9.96. The minimum Gasteiger partial charge on any atom is -0.507 e. The number of phenolic OH excluding ortho intramolecular Hbond substituents is 1. The second-order valence-electron chi connectivity index (χ2n) is 5.02. The first-order chi connectivity index (χ1) is 11.4. The zero-order valence-electron chi connectivity index (χ0n) is 12.2. The molecule has 6 N–H and O–H groups in total. The Morgan fingerprint density at radius 1 is 1.25 bits per heavy atom. The van der Waals surface area contributed by atoms with Gasteiger partial charge in [-0.15, -0.1) is 0 Å². The third-order valence-corrected chi connectivity index (χ3v) is 3.58. The maximum atomic E-state index is 12.2. The number of nitriles is 1. The minimum absolute atomic E-state index is 0.00832. The fourth-order valence-electron chi connectivity index (χ4n) is 2.43. The molecule has 0 spiro atoms. The van der Waals surface area contributed by atoms with Crippen LogP contribution in [0.4, 0.5) is 5.69 Å². The van der Waals surface area contributed by atoms with E-state index in [-0.39, 0.29) is 39.7 Å². The van der Waals surface area contributed by atoms with Gasteiger partial charge in [-0.2, -0.15) is 10.3 Å². The number of nitrogens with zero attached hydrogens (tertiary/aromatic N) is 2. The molecule has 0 atom stereocenters. The molecular formula is C16H11N5O3. The van der Waals surface area contributed by atoms with Gasteiger partial charge in [0.25, 0.3) is 11.5 Å². The molecule has 1 amide bonds. The number of carbonyl (C=O) groups is 1. The number of aromatic amines is 1. The number of anilines is 1. The van der Waals surface area contributed by atoms with Gasteiger partial charge in [0.2, 0.25) is 0 Å². The molecule has 0 radical (unpaired) electrons. The van der Waals surface area contributed by atoms with Crippen LogP contribution in [0.15, 0.2) is 34.1 Å². The second-order valence-corrected chi connectivity index (χ2v) is 5.02. The normalized spacial score (nSPS) is 14.9. The summed E-state index contributed by atoms with van der Waals surface area (Å²) >= 11 is 0. The predicted molar refractivity (Wildman–Crippen MR) is 87.9 cm³/mol. The number of aromatic nitrogens is 1. The standard InChI is InChI=1S/C16H11N5O3/c17-6-9-12(18)11-13(20-16(9)24)8(15(23)21-14(11)19)5-7-3-1-2-4-10(7)22/h1-5,22H,(H3,18,20,24)(H2,19,21,23)/b8-5+. The van der Waals surface area contributed by atoms with E-state index in [1.165, 1.54) is 12.1 Å². The van der Waals surface area contributed by atoms with Gasteiger partial charge in [-0.3, -0.25) is 9.59 Å². The maximum Gasteiger partial charge on any atom is 0.281 e. The van der Waals surface area contributed by atoms with E-state index in [0.717, 1.165) is 0 Å². The Morgan fingerprint density at radius 3 is 2.62 bits per heavy atom. The summed E-state index contributed by atoms with van der Waals surface area (Å²) in [5.41, 5.74) is 10.9. The smallest absolute Gasteiger partial charge is 0.281 e. The number of phenols is 1. The number of H-pyrrole nitrogens is 1. The number of amides is 1. The topological polar surface area (TPSA) is 158 Å². The number of aromatic hydroxyl groups is 1. The number of nitrogen functional groups attached to an aromatic ring is 1. The monoisotopic (exact) mass is 321 g/mol. The van der Waals surface area contributed by atoms with Gasteiger partial charge in [-0.25, -0.2) is 0 Å². The Kier molecular flexibility index (Phi) is 3.39. The quantitative estimate of drug-likeness (QED) is 0.554. The van der Waals surface area contributed by atoms with Crippen molar-refractivity contribution in [3.63, 3.8) is 0 Å². The minimum atomic E-state index is -0.737. The van der Waals surface area contributed by atoms with Crippen molar-refractivity contribution >= 4 is 29.1 Å². The first-order valence-electron chi connectivity index (χ1n) is 6.78. The number of para-hydroxylation sites is 1. The molecule has 1 aliphatic heterocycles. The number of carbonyl (C=O) groups excluding carboxylic acids is 1. The van der Waals surface area contributed by atoms with Crippen LogP contribution in [0.2, 0.25) is 0 Å². The highest BCUT2D eigenvalue weighted by Gasteiger charge is 2.28. The van der Waals surface area contributed by atoms with Crippen molar-refractivity contribution in [2.75, 3.05) is 5.73 Å². The number of fused-ring (bicyclic) bond motifs is 1. The Balaban J connectivity index is 2.34. The molecule has 2 aromatic rings. The Morgan fingerprint density at radius 2 is 1.96 bits per heavy atom. The highest BCUT2D eigenvalue weighted by Crippen LogP contribution is 2.30. The number of nitrogens with one attached hydrogen (secondary N) is 1. The SMILES string of the molecule is N#Cc1c(N)c2c([nH]c1=O)/C(=C\c1ccccc1O)C(=O)N=C2N. The van der Waals surface area contributed by atoms with Gasteiger partial charge in [0.15, 0.2) is 0 Å².